The molecule has 0 amide bonds. The van der Waals surface area contributed by atoms with E-state index in [0.717, 1.165) is 0 Å². The number of nitrogens with zero attached hydrogens (tertiary/aromatic N) is 3. The number of fused-ring (bicyclic) bond motifs is 1. The number of hydrogen-bond donors (Lipinski definition) is 2. The van der Waals surface area contributed by atoms with E-state index < -0.39 is 17.2 Å². The number of imidazole rings is 1. The summed E-state index contributed by atoms with van der Waals surface area (Å²) in [6.45, 7) is 0.583. The topological polar surface area (TPSA) is 119 Å². The molecular formula is C13H18N4O5. The maximum atomic E-state index is 12.0. The summed E-state index contributed by atoms with van der Waals surface area (Å²) in [5, 5.41) is 8.68. The van der Waals surface area contributed by atoms with E-state index in [-0.39, 0.29) is 13.0 Å². The third-order valence-corrected chi connectivity index (χ3v) is 3.42. The molecule has 0 aliphatic rings. The normalized spacial score (nSPS) is 11.2. The fraction of sp³-hybridized carbons (Fsp3) is 0.538. The molecular weight excluding hydrogens is 292 g/mol. The lowest BCUT2D eigenvalue weighted by Crippen LogP contribution is -2.32. The van der Waals surface area contributed by atoms with Gasteiger partial charge in [0.1, 0.15) is 5.82 Å². The molecule has 0 saturated heterocycles. The Kier molecular flexibility index (Phi) is 4.76. The largest absolute Gasteiger partial charge is 0.481 e. The van der Waals surface area contributed by atoms with Crippen LogP contribution in [0, 0.1) is 0 Å². The van der Waals surface area contributed by atoms with Gasteiger partial charge in [0, 0.05) is 27.0 Å². The summed E-state index contributed by atoms with van der Waals surface area (Å²) in [6.07, 6.45) is 0.845. The minimum absolute atomic E-state index is 0.0239. The van der Waals surface area contributed by atoms with Crippen molar-refractivity contribution in [1.29, 1.82) is 0 Å². The Bertz CT molecular complexity index is 801. The van der Waals surface area contributed by atoms with Crippen LogP contribution < -0.4 is 11.2 Å². The smallest absolute Gasteiger partial charge is 0.330 e. The number of carboxylic acid groups (broad SMARTS) is 1. The van der Waals surface area contributed by atoms with Crippen LogP contribution in [0.25, 0.3) is 11.2 Å². The summed E-state index contributed by atoms with van der Waals surface area (Å²) < 4.78 is 7.90. The number of aliphatic carboxylic acids is 1. The van der Waals surface area contributed by atoms with Gasteiger partial charge in [0.15, 0.2) is 11.2 Å². The van der Waals surface area contributed by atoms with Gasteiger partial charge in [-0.2, -0.15) is 0 Å². The first-order chi connectivity index (χ1) is 10.5. The molecule has 0 radical (unpaired) electrons. The van der Waals surface area contributed by atoms with Crippen molar-refractivity contribution in [2.24, 2.45) is 7.05 Å². The quantitative estimate of drug-likeness (QED) is 0.710. The summed E-state index contributed by atoms with van der Waals surface area (Å²) in [4.78, 5) is 41.1. The number of hydrogen-bond acceptors (Lipinski definition) is 5. The molecule has 0 aliphatic carbocycles. The molecule has 0 saturated carbocycles. The van der Waals surface area contributed by atoms with Gasteiger partial charge in [-0.1, -0.05) is 0 Å². The Labute approximate surface area is 125 Å². The van der Waals surface area contributed by atoms with E-state index in [4.69, 9.17) is 9.84 Å². The second-order valence-electron chi connectivity index (χ2n) is 4.91. The van der Waals surface area contributed by atoms with Crippen LogP contribution in [0.3, 0.4) is 0 Å². The lowest BCUT2D eigenvalue weighted by molar-refractivity contribution is -0.137. The van der Waals surface area contributed by atoms with E-state index in [9.17, 15) is 14.4 Å². The number of aromatic amines is 1. The van der Waals surface area contributed by atoms with E-state index >= 15 is 0 Å². The van der Waals surface area contributed by atoms with Crippen LogP contribution in [-0.4, -0.2) is 43.9 Å². The third-order valence-electron chi connectivity index (χ3n) is 3.42. The minimum Gasteiger partial charge on any atom is -0.481 e. The van der Waals surface area contributed by atoms with Crippen molar-refractivity contribution in [1.82, 2.24) is 19.1 Å². The lowest BCUT2D eigenvalue weighted by atomic mass is 10.2. The van der Waals surface area contributed by atoms with Gasteiger partial charge in [0.2, 0.25) is 0 Å². The summed E-state index contributed by atoms with van der Waals surface area (Å²) in [5.74, 6) is -0.313. The van der Waals surface area contributed by atoms with E-state index in [0.29, 0.717) is 36.4 Å². The Hall–Kier alpha value is -2.42. The first kappa shape index (κ1) is 16.0. The predicted octanol–water partition coefficient (Wildman–Crippen LogP) is -0.523. The predicted molar refractivity (Wildman–Crippen MR) is 78.0 cm³/mol. The summed E-state index contributed by atoms with van der Waals surface area (Å²) >= 11 is 0. The van der Waals surface area contributed by atoms with Crippen molar-refractivity contribution in [2.75, 3.05) is 13.7 Å². The highest BCUT2D eigenvalue weighted by Gasteiger charge is 2.16. The molecule has 9 nitrogen and oxygen atoms in total. The average Bonchev–Trinajstić information content (AvgIpc) is 2.76. The van der Waals surface area contributed by atoms with Crippen molar-refractivity contribution in [3.63, 3.8) is 0 Å². The molecule has 0 atom stereocenters. The molecule has 0 spiro atoms. The molecule has 0 bridgehead atoms. The van der Waals surface area contributed by atoms with Crippen molar-refractivity contribution < 1.29 is 14.6 Å². The summed E-state index contributed by atoms with van der Waals surface area (Å²) in [7, 11) is 3.19. The molecule has 0 unspecified atom stereocenters. The zero-order chi connectivity index (χ0) is 16.3. The van der Waals surface area contributed by atoms with E-state index in [1.807, 2.05) is 0 Å². The second kappa shape index (κ2) is 6.56. The van der Waals surface area contributed by atoms with Crippen molar-refractivity contribution in [3.05, 3.63) is 26.7 Å². The number of aryl methyl sites for hydroxylation is 2. The van der Waals surface area contributed by atoms with Gasteiger partial charge in [0.05, 0.1) is 13.2 Å². The first-order valence-electron chi connectivity index (χ1n) is 6.85. The number of carbonyl (C=O) groups is 1. The molecule has 2 rings (SSSR count). The lowest BCUT2D eigenvalue weighted by Gasteiger charge is -2.04. The Morgan fingerprint density at radius 2 is 2.14 bits per heavy atom. The standard InChI is InChI=1S/C13H18N4O5/c1-16-8(4-3-5-9(18)19)14-11-10(16)12(20)15-13(21)17(11)6-7-22-2/h3-7H2,1-2H3,(H,18,19)(H,15,20,21). The van der Waals surface area contributed by atoms with Gasteiger partial charge in [-0.05, 0) is 6.42 Å². The monoisotopic (exact) mass is 310 g/mol. The number of rotatable bonds is 7. The highest BCUT2D eigenvalue weighted by molar-refractivity contribution is 5.71. The van der Waals surface area contributed by atoms with E-state index in [1.54, 1.807) is 11.6 Å². The fourth-order valence-corrected chi connectivity index (χ4v) is 2.30. The van der Waals surface area contributed by atoms with Gasteiger partial charge in [-0.15, -0.1) is 0 Å². The highest BCUT2D eigenvalue weighted by atomic mass is 16.5. The Morgan fingerprint density at radius 3 is 2.77 bits per heavy atom. The van der Waals surface area contributed by atoms with Crippen LogP contribution >= 0.6 is 0 Å². The van der Waals surface area contributed by atoms with Crippen LogP contribution in [0.15, 0.2) is 9.59 Å². The molecule has 2 aromatic heterocycles. The van der Waals surface area contributed by atoms with Gasteiger partial charge in [0.25, 0.3) is 5.56 Å². The number of H-pyrrole nitrogens is 1. The number of nitrogens with one attached hydrogen (secondary N) is 1. The van der Waals surface area contributed by atoms with Gasteiger partial charge in [-0.25, -0.2) is 9.78 Å². The van der Waals surface area contributed by atoms with Crippen molar-refractivity contribution in [3.8, 4) is 0 Å². The minimum atomic E-state index is -0.881. The van der Waals surface area contributed by atoms with E-state index in [2.05, 4.69) is 9.97 Å². The number of methoxy groups -OCH3 is 1. The van der Waals surface area contributed by atoms with Crippen molar-refractivity contribution >= 4 is 17.1 Å². The molecule has 9 heteroatoms. The maximum absolute atomic E-state index is 12.0. The van der Waals surface area contributed by atoms with E-state index in [1.165, 1.54) is 11.7 Å². The third kappa shape index (κ3) is 3.08. The molecule has 2 aromatic rings. The van der Waals surface area contributed by atoms with Crippen LogP contribution in [0.5, 0.6) is 0 Å². The number of aromatic nitrogens is 4. The van der Waals surface area contributed by atoms with Gasteiger partial charge >= 0.3 is 11.7 Å². The molecule has 120 valence electrons. The highest BCUT2D eigenvalue weighted by Crippen LogP contribution is 2.11. The molecule has 22 heavy (non-hydrogen) atoms. The van der Waals surface area contributed by atoms with Gasteiger partial charge in [-0.3, -0.25) is 19.1 Å². The zero-order valence-electron chi connectivity index (χ0n) is 12.5. The van der Waals surface area contributed by atoms with Crippen LogP contribution in [0.4, 0.5) is 0 Å². The molecule has 2 N–H and O–H groups in total. The molecule has 0 aliphatic heterocycles. The van der Waals surface area contributed by atoms with Crippen molar-refractivity contribution in [2.45, 2.75) is 25.8 Å². The molecule has 0 aromatic carbocycles. The van der Waals surface area contributed by atoms with Crippen LogP contribution in [-0.2, 0) is 29.5 Å². The molecule has 2 heterocycles. The SMILES string of the molecule is COCCn1c(=O)[nH]c(=O)c2c1nc(CCCC(=O)O)n2C. The second-order valence-corrected chi connectivity index (χ2v) is 4.91. The van der Waals surface area contributed by atoms with Gasteiger partial charge < -0.3 is 14.4 Å². The Morgan fingerprint density at radius 1 is 1.41 bits per heavy atom. The number of carboxylic acids is 1. The first-order valence-corrected chi connectivity index (χ1v) is 6.85. The number of ether oxygens (including phenoxy) is 1. The molecule has 0 fully saturated rings. The maximum Gasteiger partial charge on any atom is 0.330 e. The average molecular weight is 310 g/mol. The van der Waals surface area contributed by atoms with Crippen LogP contribution in [0.1, 0.15) is 18.7 Å². The summed E-state index contributed by atoms with van der Waals surface area (Å²) in [6, 6.07) is 0. The summed E-state index contributed by atoms with van der Waals surface area (Å²) in [5.41, 5.74) is -0.461. The zero-order valence-corrected chi connectivity index (χ0v) is 12.5. The fourth-order valence-electron chi connectivity index (χ4n) is 2.30. The Balaban J connectivity index is 2.47. The van der Waals surface area contributed by atoms with Crippen LogP contribution in [0.2, 0.25) is 0 Å².